The van der Waals surface area contributed by atoms with Crippen LogP contribution in [0.5, 0.6) is 0 Å². The van der Waals surface area contributed by atoms with Crippen molar-refractivity contribution in [2.24, 2.45) is 0 Å². The van der Waals surface area contributed by atoms with E-state index in [9.17, 15) is 9.18 Å². The van der Waals surface area contributed by atoms with Crippen LogP contribution in [-0.2, 0) is 6.54 Å². The van der Waals surface area contributed by atoms with Gasteiger partial charge in [0.25, 0.3) is 0 Å². The number of rotatable bonds is 4. The molecule has 1 aliphatic rings. The topological polar surface area (TPSA) is 54.3 Å². The van der Waals surface area contributed by atoms with E-state index in [1.807, 2.05) is 6.07 Å². The Morgan fingerprint density at radius 1 is 1.35 bits per heavy atom. The van der Waals surface area contributed by atoms with Crippen molar-refractivity contribution >= 4 is 6.03 Å². The minimum atomic E-state index is -0.240. The zero-order chi connectivity index (χ0) is 13.9. The molecule has 1 aromatic carbocycles. The number of furan rings is 1. The third-order valence-electron chi connectivity index (χ3n) is 3.39. The molecule has 0 aliphatic heterocycles. The molecule has 0 radical (unpaired) electrons. The second kappa shape index (κ2) is 5.36. The summed E-state index contributed by atoms with van der Waals surface area (Å²) < 4.78 is 18.2. The third-order valence-corrected chi connectivity index (χ3v) is 3.39. The van der Waals surface area contributed by atoms with Crippen molar-refractivity contribution < 1.29 is 13.6 Å². The second-order valence-corrected chi connectivity index (χ2v) is 4.91. The Labute approximate surface area is 116 Å². The van der Waals surface area contributed by atoms with Crippen LogP contribution in [0.4, 0.5) is 9.18 Å². The molecule has 0 unspecified atom stereocenters. The zero-order valence-electron chi connectivity index (χ0n) is 10.8. The van der Waals surface area contributed by atoms with Gasteiger partial charge in [-0.1, -0.05) is 12.1 Å². The minimum absolute atomic E-state index is 0.0772. The van der Waals surface area contributed by atoms with Crippen molar-refractivity contribution in [1.29, 1.82) is 0 Å². The Kier molecular flexibility index (Phi) is 3.41. The van der Waals surface area contributed by atoms with Crippen molar-refractivity contribution in [3.63, 3.8) is 0 Å². The fourth-order valence-corrected chi connectivity index (χ4v) is 2.26. The number of urea groups is 1. The maximum Gasteiger partial charge on any atom is 0.315 e. The van der Waals surface area contributed by atoms with Crippen molar-refractivity contribution in [2.75, 3.05) is 0 Å². The molecule has 5 heteroatoms. The van der Waals surface area contributed by atoms with Crippen LogP contribution < -0.4 is 10.6 Å². The molecule has 0 spiro atoms. The van der Waals surface area contributed by atoms with E-state index < -0.39 is 0 Å². The van der Waals surface area contributed by atoms with Gasteiger partial charge >= 0.3 is 6.03 Å². The van der Waals surface area contributed by atoms with Gasteiger partial charge < -0.3 is 15.1 Å². The van der Waals surface area contributed by atoms with Gasteiger partial charge in [-0.25, -0.2) is 9.18 Å². The first-order valence-electron chi connectivity index (χ1n) is 6.54. The van der Waals surface area contributed by atoms with Gasteiger partial charge in [0.05, 0.1) is 12.8 Å². The van der Waals surface area contributed by atoms with E-state index in [1.165, 1.54) is 12.1 Å². The molecule has 1 heterocycles. The highest BCUT2D eigenvalue weighted by molar-refractivity contribution is 5.74. The highest BCUT2D eigenvalue weighted by Crippen LogP contribution is 2.40. The fourth-order valence-electron chi connectivity index (χ4n) is 2.26. The first-order chi connectivity index (χ1) is 9.72. The lowest BCUT2D eigenvalue weighted by Gasteiger charge is -2.06. The summed E-state index contributed by atoms with van der Waals surface area (Å²) in [6.07, 6.45) is 2.41. The van der Waals surface area contributed by atoms with E-state index in [0.717, 1.165) is 12.0 Å². The Morgan fingerprint density at radius 3 is 3.00 bits per heavy atom. The van der Waals surface area contributed by atoms with Crippen LogP contribution in [0.15, 0.2) is 47.1 Å². The number of hydrogen-bond donors (Lipinski definition) is 2. The van der Waals surface area contributed by atoms with Crippen LogP contribution in [0, 0.1) is 5.82 Å². The van der Waals surface area contributed by atoms with Crippen LogP contribution >= 0.6 is 0 Å². The number of amides is 2. The van der Waals surface area contributed by atoms with E-state index in [0.29, 0.717) is 12.3 Å². The monoisotopic (exact) mass is 274 g/mol. The Balaban J connectivity index is 1.47. The first-order valence-corrected chi connectivity index (χ1v) is 6.54. The van der Waals surface area contributed by atoms with Gasteiger partial charge in [-0.2, -0.15) is 0 Å². The van der Waals surface area contributed by atoms with Gasteiger partial charge in [-0.15, -0.1) is 0 Å². The molecule has 3 rings (SSSR count). The highest BCUT2D eigenvalue weighted by atomic mass is 19.1. The highest BCUT2D eigenvalue weighted by Gasteiger charge is 2.39. The van der Waals surface area contributed by atoms with Crippen LogP contribution in [0.25, 0.3) is 0 Å². The summed E-state index contributed by atoms with van der Waals surface area (Å²) in [6, 6.07) is 9.94. The average molecular weight is 274 g/mol. The van der Waals surface area contributed by atoms with E-state index in [2.05, 4.69) is 10.6 Å². The van der Waals surface area contributed by atoms with Gasteiger partial charge in [0.15, 0.2) is 0 Å². The van der Waals surface area contributed by atoms with E-state index >= 15 is 0 Å². The molecule has 2 atom stereocenters. The number of carbonyl (C=O) groups excluding carboxylic acids is 1. The van der Waals surface area contributed by atoms with Crippen LogP contribution in [0.2, 0.25) is 0 Å². The first kappa shape index (κ1) is 12.7. The molecule has 1 aliphatic carbocycles. The molecular weight excluding hydrogens is 259 g/mol. The second-order valence-electron chi connectivity index (χ2n) is 4.91. The standard InChI is InChI=1S/C15H15FN2O2/c16-11-4-1-3-10(7-11)13-8-14(13)18-15(19)17-9-12-5-2-6-20-12/h1-7,13-14H,8-9H2,(H2,17,18,19)/t13-,14+/m1/s1. The number of halogens is 1. The molecule has 2 N–H and O–H groups in total. The maximum absolute atomic E-state index is 13.1. The molecule has 0 saturated heterocycles. The number of benzene rings is 1. The van der Waals surface area contributed by atoms with Crippen molar-refractivity contribution in [3.8, 4) is 0 Å². The molecule has 1 aromatic heterocycles. The lowest BCUT2D eigenvalue weighted by Crippen LogP contribution is -2.36. The largest absolute Gasteiger partial charge is 0.467 e. The average Bonchev–Trinajstić information content (AvgIpc) is 2.99. The van der Waals surface area contributed by atoms with Gasteiger partial charge in [0.1, 0.15) is 11.6 Å². The van der Waals surface area contributed by atoms with Gasteiger partial charge in [-0.3, -0.25) is 0 Å². The Hall–Kier alpha value is -2.30. The molecule has 4 nitrogen and oxygen atoms in total. The van der Waals surface area contributed by atoms with E-state index in [-0.39, 0.29) is 23.8 Å². The van der Waals surface area contributed by atoms with Gasteiger partial charge in [0.2, 0.25) is 0 Å². The fraction of sp³-hybridized carbons (Fsp3) is 0.267. The van der Waals surface area contributed by atoms with Gasteiger partial charge in [-0.05, 0) is 36.2 Å². The van der Waals surface area contributed by atoms with Crippen molar-refractivity contribution in [1.82, 2.24) is 10.6 Å². The number of nitrogens with one attached hydrogen (secondary N) is 2. The summed E-state index contributed by atoms with van der Waals surface area (Å²) in [4.78, 5) is 11.7. The molecule has 1 fully saturated rings. The molecule has 2 amide bonds. The number of carbonyl (C=O) groups is 1. The normalized spacial score (nSPS) is 20.4. The Morgan fingerprint density at radius 2 is 2.25 bits per heavy atom. The zero-order valence-corrected chi connectivity index (χ0v) is 10.8. The minimum Gasteiger partial charge on any atom is -0.467 e. The molecular formula is C15H15FN2O2. The predicted octanol–water partition coefficient (Wildman–Crippen LogP) is 2.77. The van der Waals surface area contributed by atoms with Crippen LogP contribution in [-0.4, -0.2) is 12.1 Å². The summed E-state index contributed by atoms with van der Waals surface area (Å²) in [6.45, 7) is 0.357. The quantitative estimate of drug-likeness (QED) is 0.900. The van der Waals surface area contributed by atoms with E-state index in [1.54, 1.807) is 24.5 Å². The SMILES string of the molecule is O=C(NCc1ccco1)N[C@H]1C[C@@H]1c1cccc(F)c1. The summed E-state index contributed by atoms with van der Waals surface area (Å²) in [5.74, 6) is 0.674. The molecule has 1 saturated carbocycles. The molecule has 2 aromatic rings. The van der Waals surface area contributed by atoms with Crippen molar-refractivity contribution in [2.45, 2.75) is 24.9 Å². The summed E-state index contributed by atoms with van der Waals surface area (Å²) in [7, 11) is 0. The van der Waals surface area contributed by atoms with Gasteiger partial charge in [0, 0.05) is 12.0 Å². The van der Waals surface area contributed by atoms with Crippen LogP contribution in [0.3, 0.4) is 0 Å². The van der Waals surface area contributed by atoms with Crippen molar-refractivity contribution in [3.05, 3.63) is 59.8 Å². The lowest BCUT2D eigenvalue weighted by atomic mass is 10.1. The number of hydrogen-bond acceptors (Lipinski definition) is 2. The van der Waals surface area contributed by atoms with Crippen LogP contribution in [0.1, 0.15) is 23.7 Å². The third kappa shape index (κ3) is 2.99. The Bertz CT molecular complexity index is 598. The molecule has 20 heavy (non-hydrogen) atoms. The summed E-state index contributed by atoms with van der Waals surface area (Å²) in [5.41, 5.74) is 0.932. The summed E-state index contributed by atoms with van der Waals surface area (Å²) in [5, 5.41) is 5.59. The molecule has 104 valence electrons. The lowest BCUT2D eigenvalue weighted by molar-refractivity contribution is 0.239. The maximum atomic E-state index is 13.1. The van der Waals surface area contributed by atoms with E-state index in [4.69, 9.17) is 4.42 Å². The summed E-state index contributed by atoms with van der Waals surface area (Å²) >= 11 is 0. The smallest absolute Gasteiger partial charge is 0.315 e. The predicted molar refractivity (Wildman–Crippen MR) is 71.6 cm³/mol. The molecule has 0 bridgehead atoms.